The molecule has 0 fully saturated rings. The topological polar surface area (TPSA) is 78.8 Å². The van der Waals surface area contributed by atoms with Crippen LogP contribution in [0.2, 0.25) is 0 Å². The number of amides is 1. The molecule has 5 nitrogen and oxygen atoms in total. The van der Waals surface area contributed by atoms with Gasteiger partial charge in [0.25, 0.3) is 5.91 Å². The molecule has 0 saturated carbocycles. The number of hydrazone groups is 1. The van der Waals surface area contributed by atoms with E-state index in [1.807, 2.05) is 30.3 Å². The van der Waals surface area contributed by atoms with Crippen molar-refractivity contribution in [2.75, 3.05) is 0 Å². The number of hydrogen-bond donors (Lipinski definition) is 2. The molecule has 2 aromatic rings. The highest BCUT2D eigenvalue weighted by molar-refractivity contribution is 9.10. The van der Waals surface area contributed by atoms with Crippen LogP contribution in [0.4, 0.5) is 0 Å². The van der Waals surface area contributed by atoms with Crippen LogP contribution in [-0.4, -0.2) is 22.7 Å². The van der Waals surface area contributed by atoms with E-state index < -0.39 is 5.97 Å². The van der Waals surface area contributed by atoms with E-state index in [9.17, 15) is 9.59 Å². The summed E-state index contributed by atoms with van der Waals surface area (Å²) in [4.78, 5) is 22.9. The number of carbonyl (C=O) groups excluding carboxylic acids is 1. The normalized spacial score (nSPS) is 11.1. The number of nitrogens with one attached hydrogen (secondary N) is 1. The lowest BCUT2D eigenvalue weighted by Gasteiger charge is -2.06. The molecule has 23 heavy (non-hydrogen) atoms. The third-order valence-electron chi connectivity index (χ3n) is 3.08. The Hall–Kier alpha value is -2.47. The summed E-state index contributed by atoms with van der Waals surface area (Å²) in [6, 6.07) is 16.1. The fraction of sp³-hybridized carbons (Fsp3) is 0.118. The second-order valence-electron chi connectivity index (χ2n) is 4.77. The quantitative estimate of drug-likeness (QED) is 0.600. The Morgan fingerprint density at radius 3 is 2.22 bits per heavy atom. The van der Waals surface area contributed by atoms with Crippen molar-refractivity contribution in [1.82, 2.24) is 5.43 Å². The van der Waals surface area contributed by atoms with Crippen molar-refractivity contribution in [3.05, 3.63) is 70.2 Å². The summed E-state index contributed by atoms with van der Waals surface area (Å²) in [6.45, 7) is 0. The van der Waals surface area contributed by atoms with Crippen molar-refractivity contribution in [3.63, 3.8) is 0 Å². The number of halogens is 1. The highest BCUT2D eigenvalue weighted by Crippen LogP contribution is 2.11. The van der Waals surface area contributed by atoms with Crippen LogP contribution in [0.15, 0.2) is 64.2 Å². The lowest BCUT2D eigenvalue weighted by atomic mass is 10.1. The Morgan fingerprint density at radius 1 is 0.957 bits per heavy atom. The number of carboxylic acid groups (broad SMARTS) is 1. The SMILES string of the molecule is O=C(O)CC/C(=N\NC(=O)c1ccc(Br)cc1)c1ccccc1. The molecule has 0 aliphatic heterocycles. The second kappa shape index (κ2) is 8.24. The van der Waals surface area contributed by atoms with Crippen LogP contribution in [0, 0.1) is 0 Å². The molecular weight excluding hydrogens is 360 g/mol. The Bertz CT molecular complexity index is 712. The summed E-state index contributed by atoms with van der Waals surface area (Å²) >= 11 is 3.31. The molecule has 0 bridgehead atoms. The zero-order chi connectivity index (χ0) is 16.7. The van der Waals surface area contributed by atoms with Gasteiger partial charge in [0.15, 0.2) is 0 Å². The van der Waals surface area contributed by atoms with Crippen LogP contribution >= 0.6 is 15.9 Å². The number of nitrogens with zero attached hydrogens (tertiary/aromatic N) is 1. The van der Waals surface area contributed by atoms with Gasteiger partial charge in [-0.1, -0.05) is 46.3 Å². The standard InChI is InChI=1S/C17H15BrN2O3/c18-14-8-6-13(7-9-14)17(23)20-19-15(10-11-16(21)22)12-4-2-1-3-5-12/h1-9H,10-11H2,(H,20,23)(H,21,22)/b19-15+. The van der Waals surface area contributed by atoms with Crippen LogP contribution in [0.3, 0.4) is 0 Å². The van der Waals surface area contributed by atoms with Crippen molar-refractivity contribution >= 4 is 33.5 Å². The van der Waals surface area contributed by atoms with E-state index in [0.29, 0.717) is 11.3 Å². The molecule has 0 aliphatic rings. The maximum Gasteiger partial charge on any atom is 0.303 e. The van der Waals surface area contributed by atoms with E-state index in [0.717, 1.165) is 10.0 Å². The molecule has 6 heteroatoms. The van der Waals surface area contributed by atoms with Crippen LogP contribution in [0.5, 0.6) is 0 Å². The Balaban J connectivity index is 2.14. The summed E-state index contributed by atoms with van der Waals surface area (Å²) in [5.74, 6) is -1.26. The lowest BCUT2D eigenvalue weighted by molar-refractivity contribution is -0.136. The highest BCUT2D eigenvalue weighted by Gasteiger charge is 2.09. The van der Waals surface area contributed by atoms with Gasteiger partial charge in [-0.25, -0.2) is 5.43 Å². The van der Waals surface area contributed by atoms with Gasteiger partial charge in [0, 0.05) is 16.5 Å². The molecule has 0 spiro atoms. The first-order valence-corrected chi connectivity index (χ1v) is 7.75. The molecule has 2 aromatic carbocycles. The number of hydrogen-bond acceptors (Lipinski definition) is 3. The molecule has 2 rings (SSSR count). The van der Waals surface area contributed by atoms with Crippen molar-refractivity contribution in [3.8, 4) is 0 Å². The van der Waals surface area contributed by atoms with E-state index >= 15 is 0 Å². The molecule has 0 aromatic heterocycles. The van der Waals surface area contributed by atoms with Gasteiger partial charge >= 0.3 is 5.97 Å². The van der Waals surface area contributed by atoms with Crippen molar-refractivity contribution in [2.24, 2.45) is 5.10 Å². The average Bonchev–Trinajstić information content (AvgIpc) is 2.56. The van der Waals surface area contributed by atoms with Crippen molar-refractivity contribution < 1.29 is 14.7 Å². The Kier molecular flexibility index (Phi) is 6.05. The number of benzene rings is 2. The number of aliphatic carboxylic acids is 1. The number of carboxylic acids is 1. The summed E-state index contributed by atoms with van der Waals surface area (Å²) in [6.07, 6.45) is 0.182. The third-order valence-corrected chi connectivity index (χ3v) is 3.61. The van der Waals surface area contributed by atoms with E-state index in [1.54, 1.807) is 24.3 Å². The third kappa shape index (κ3) is 5.34. The predicted molar refractivity (Wildman–Crippen MR) is 91.5 cm³/mol. The van der Waals surface area contributed by atoms with E-state index in [4.69, 9.17) is 5.11 Å². The zero-order valence-corrected chi connectivity index (χ0v) is 13.8. The summed E-state index contributed by atoms with van der Waals surface area (Å²) in [5.41, 5.74) is 4.26. The van der Waals surface area contributed by atoms with Gasteiger partial charge in [-0.2, -0.15) is 5.10 Å². The van der Waals surface area contributed by atoms with Gasteiger partial charge in [-0.05, 0) is 29.8 Å². The molecule has 0 radical (unpaired) electrons. The predicted octanol–water partition coefficient (Wildman–Crippen LogP) is 3.45. The van der Waals surface area contributed by atoms with Gasteiger partial charge < -0.3 is 5.11 Å². The van der Waals surface area contributed by atoms with Crippen LogP contribution < -0.4 is 5.43 Å². The smallest absolute Gasteiger partial charge is 0.303 e. The minimum Gasteiger partial charge on any atom is -0.481 e. The molecule has 118 valence electrons. The molecule has 0 saturated heterocycles. The van der Waals surface area contributed by atoms with Gasteiger partial charge in [0.05, 0.1) is 12.1 Å². The average molecular weight is 375 g/mol. The Labute approximate surface area is 142 Å². The van der Waals surface area contributed by atoms with E-state index in [-0.39, 0.29) is 18.7 Å². The van der Waals surface area contributed by atoms with Crippen molar-refractivity contribution in [2.45, 2.75) is 12.8 Å². The van der Waals surface area contributed by atoms with Gasteiger partial charge in [-0.15, -0.1) is 0 Å². The highest BCUT2D eigenvalue weighted by atomic mass is 79.9. The minimum atomic E-state index is -0.909. The maximum absolute atomic E-state index is 12.1. The summed E-state index contributed by atoms with van der Waals surface area (Å²) in [7, 11) is 0. The maximum atomic E-state index is 12.1. The first kappa shape index (κ1) is 16.9. The van der Waals surface area contributed by atoms with E-state index in [2.05, 4.69) is 26.5 Å². The fourth-order valence-electron chi connectivity index (χ4n) is 1.90. The molecule has 2 N–H and O–H groups in total. The monoisotopic (exact) mass is 374 g/mol. The van der Waals surface area contributed by atoms with E-state index in [1.165, 1.54) is 0 Å². The first-order chi connectivity index (χ1) is 11.1. The molecule has 1 amide bonds. The van der Waals surface area contributed by atoms with Gasteiger partial charge in [-0.3, -0.25) is 9.59 Å². The fourth-order valence-corrected chi connectivity index (χ4v) is 2.17. The molecule has 0 aliphatic carbocycles. The largest absolute Gasteiger partial charge is 0.481 e. The van der Waals surface area contributed by atoms with Crippen LogP contribution in [-0.2, 0) is 4.79 Å². The Morgan fingerprint density at radius 2 is 1.61 bits per heavy atom. The molecule has 0 unspecified atom stereocenters. The minimum absolute atomic E-state index is 0.0537. The first-order valence-electron chi connectivity index (χ1n) is 6.96. The molecule has 0 atom stereocenters. The van der Waals surface area contributed by atoms with Crippen molar-refractivity contribution in [1.29, 1.82) is 0 Å². The van der Waals surface area contributed by atoms with Crippen LogP contribution in [0.25, 0.3) is 0 Å². The second-order valence-corrected chi connectivity index (χ2v) is 5.68. The van der Waals surface area contributed by atoms with Gasteiger partial charge in [0.2, 0.25) is 0 Å². The summed E-state index contributed by atoms with van der Waals surface area (Å²) in [5, 5.41) is 13.0. The number of rotatable bonds is 6. The number of carbonyl (C=O) groups is 2. The van der Waals surface area contributed by atoms with Gasteiger partial charge in [0.1, 0.15) is 0 Å². The molecular formula is C17H15BrN2O3. The lowest BCUT2D eigenvalue weighted by Crippen LogP contribution is -2.20. The summed E-state index contributed by atoms with van der Waals surface area (Å²) < 4.78 is 0.879. The molecule has 0 heterocycles. The van der Waals surface area contributed by atoms with Crippen LogP contribution in [0.1, 0.15) is 28.8 Å². The zero-order valence-electron chi connectivity index (χ0n) is 12.2.